The Kier molecular flexibility index (Phi) is 3.74. The lowest BCUT2D eigenvalue weighted by molar-refractivity contribution is -0.137. The van der Waals surface area contributed by atoms with Crippen LogP contribution >= 0.6 is 31.9 Å². The van der Waals surface area contributed by atoms with Crippen molar-refractivity contribution in [2.24, 2.45) is 0 Å². The first-order valence-corrected chi connectivity index (χ1v) is 6.77. The van der Waals surface area contributed by atoms with E-state index in [1.54, 1.807) is 0 Å². The minimum atomic E-state index is -4.51. The minimum absolute atomic E-state index is 0.131. The molecular formula is C11H6Br2F3NO2. The van der Waals surface area contributed by atoms with Gasteiger partial charge in [-0.15, -0.1) is 0 Å². The van der Waals surface area contributed by atoms with E-state index >= 15 is 0 Å². The topological polar surface area (TPSA) is 46.2 Å². The van der Waals surface area contributed by atoms with Crippen LogP contribution in [0.25, 0.3) is 0 Å². The molecule has 2 rings (SSSR count). The van der Waals surface area contributed by atoms with Crippen LogP contribution in [0.4, 0.5) is 13.2 Å². The molecule has 1 N–H and O–H groups in total. The highest BCUT2D eigenvalue weighted by Gasteiger charge is 2.42. The Morgan fingerprint density at radius 1 is 1.11 bits per heavy atom. The van der Waals surface area contributed by atoms with E-state index in [1.807, 2.05) is 0 Å². The normalized spacial score (nSPS) is 23.6. The summed E-state index contributed by atoms with van der Waals surface area (Å²) in [5, 5.41) is 2.07. The largest absolute Gasteiger partial charge is 0.416 e. The monoisotopic (exact) mass is 399 g/mol. The van der Waals surface area contributed by atoms with E-state index in [0.29, 0.717) is 0 Å². The van der Waals surface area contributed by atoms with Crippen molar-refractivity contribution in [3.63, 3.8) is 0 Å². The van der Waals surface area contributed by atoms with Gasteiger partial charge in [0.1, 0.15) is 4.83 Å². The Morgan fingerprint density at radius 3 is 2.21 bits per heavy atom. The summed E-state index contributed by atoms with van der Waals surface area (Å²) in [7, 11) is 0. The number of hydrogen-bond acceptors (Lipinski definition) is 2. The summed E-state index contributed by atoms with van der Waals surface area (Å²) < 4.78 is 38.3. The van der Waals surface area contributed by atoms with Crippen LogP contribution in [0.2, 0.25) is 0 Å². The zero-order valence-corrected chi connectivity index (χ0v) is 12.3. The molecule has 0 radical (unpaired) electrons. The van der Waals surface area contributed by atoms with Gasteiger partial charge in [-0.25, -0.2) is 0 Å². The Hall–Kier alpha value is -0.890. The van der Waals surface area contributed by atoms with Crippen molar-refractivity contribution in [2.75, 3.05) is 0 Å². The molecule has 8 heteroatoms. The second kappa shape index (κ2) is 4.90. The summed E-state index contributed by atoms with van der Waals surface area (Å²) in [6.07, 6.45) is -4.51. The highest BCUT2D eigenvalue weighted by atomic mass is 79.9. The number of carbonyl (C=O) groups is 2. The standard InChI is InChI=1S/C11H6Br2F3NO2/c12-6-2-4(1-5(3-6)11(14,15)16)7-8(13)10(19)17-9(7)18/h1-3,7-8H,(H,17,18,19). The first-order chi connectivity index (χ1) is 8.70. The molecule has 1 aromatic carbocycles. The van der Waals surface area contributed by atoms with Crippen LogP contribution < -0.4 is 5.32 Å². The van der Waals surface area contributed by atoms with Crippen LogP contribution in [0.3, 0.4) is 0 Å². The van der Waals surface area contributed by atoms with Gasteiger partial charge < -0.3 is 0 Å². The second-order valence-corrected chi connectivity index (χ2v) is 5.91. The van der Waals surface area contributed by atoms with Gasteiger partial charge in [-0.05, 0) is 23.8 Å². The highest BCUT2D eigenvalue weighted by Crippen LogP contribution is 2.37. The van der Waals surface area contributed by atoms with E-state index in [2.05, 4.69) is 37.2 Å². The number of alkyl halides is 4. The molecule has 102 valence electrons. The van der Waals surface area contributed by atoms with Crippen molar-refractivity contribution in [2.45, 2.75) is 16.9 Å². The molecule has 0 saturated carbocycles. The number of imide groups is 1. The van der Waals surface area contributed by atoms with E-state index < -0.39 is 34.3 Å². The number of nitrogens with one attached hydrogen (secondary N) is 1. The quantitative estimate of drug-likeness (QED) is 0.582. The molecule has 0 bridgehead atoms. The fraction of sp³-hybridized carbons (Fsp3) is 0.273. The lowest BCUT2D eigenvalue weighted by Gasteiger charge is -2.14. The van der Waals surface area contributed by atoms with Gasteiger partial charge in [0.15, 0.2) is 0 Å². The molecule has 1 aromatic rings. The number of rotatable bonds is 1. The van der Waals surface area contributed by atoms with Crippen molar-refractivity contribution < 1.29 is 22.8 Å². The Balaban J connectivity index is 2.49. The number of benzene rings is 1. The predicted octanol–water partition coefficient (Wildman–Crippen LogP) is 2.97. The molecule has 0 aromatic heterocycles. The molecule has 19 heavy (non-hydrogen) atoms. The van der Waals surface area contributed by atoms with Crippen molar-refractivity contribution in [1.29, 1.82) is 0 Å². The summed E-state index contributed by atoms with van der Waals surface area (Å²) >= 11 is 5.99. The molecule has 1 heterocycles. The van der Waals surface area contributed by atoms with Crippen LogP contribution in [0, 0.1) is 0 Å². The fourth-order valence-electron chi connectivity index (χ4n) is 1.83. The molecule has 2 unspecified atom stereocenters. The third kappa shape index (κ3) is 2.84. The average Bonchev–Trinajstić information content (AvgIpc) is 2.51. The third-order valence-electron chi connectivity index (χ3n) is 2.68. The number of halogens is 5. The minimum Gasteiger partial charge on any atom is -0.295 e. The maximum Gasteiger partial charge on any atom is 0.416 e. The van der Waals surface area contributed by atoms with Gasteiger partial charge in [-0.2, -0.15) is 13.2 Å². The van der Waals surface area contributed by atoms with E-state index in [1.165, 1.54) is 6.07 Å². The number of hydrogen-bond donors (Lipinski definition) is 1. The maximum atomic E-state index is 12.7. The molecule has 2 atom stereocenters. The summed E-state index contributed by atoms with van der Waals surface area (Å²) in [6.45, 7) is 0. The summed E-state index contributed by atoms with van der Waals surface area (Å²) in [6, 6.07) is 3.19. The SMILES string of the molecule is O=C1NC(=O)C(c2cc(Br)cc(C(F)(F)F)c2)C1Br. The number of carbonyl (C=O) groups excluding carboxylic acids is 2. The van der Waals surface area contributed by atoms with Gasteiger partial charge in [0, 0.05) is 4.47 Å². The fourth-order valence-corrected chi connectivity index (χ4v) is 3.00. The third-order valence-corrected chi connectivity index (χ3v) is 4.08. The first-order valence-electron chi connectivity index (χ1n) is 5.06. The average molecular weight is 401 g/mol. The van der Waals surface area contributed by atoms with Gasteiger partial charge in [-0.3, -0.25) is 14.9 Å². The Morgan fingerprint density at radius 2 is 1.74 bits per heavy atom. The summed E-state index contributed by atoms with van der Waals surface area (Å²) in [4.78, 5) is 22.1. The smallest absolute Gasteiger partial charge is 0.295 e. The van der Waals surface area contributed by atoms with Crippen LogP contribution in [0.15, 0.2) is 22.7 Å². The molecule has 0 aliphatic carbocycles. The zero-order valence-electron chi connectivity index (χ0n) is 9.09. The van der Waals surface area contributed by atoms with Crippen LogP contribution in [0.5, 0.6) is 0 Å². The Labute approximate surface area is 122 Å². The van der Waals surface area contributed by atoms with Gasteiger partial charge in [0.25, 0.3) is 0 Å². The highest BCUT2D eigenvalue weighted by molar-refractivity contribution is 9.10. The molecule has 1 aliphatic heterocycles. The van der Waals surface area contributed by atoms with Gasteiger partial charge >= 0.3 is 6.18 Å². The molecule has 1 fully saturated rings. The first kappa shape index (κ1) is 14.5. The van der Waals surface area contributed by atoms with Crippen molar-refractivity contribution in [1.82, 2.24) is 5.32 Å². The zero-order chi connectivity index (χ0) is 14.4. The van der Waals surface area contributed by atoms with Crippen LogP contribution in [0.1, 0.15) is 17.0 Å². The summed E-state index contributed by atoms with van der Waals surface area (Å²) in [5.41, 5.74) is -0.740. The van der Waals surface area contributed by atoms with Gasteiger partial charge in [0.05, 0.1) is 11.5 Å². The van der Waals surface area contributed by atoms with E-state index in [4.69, 9.17) is 0 Å². The lowest BCUT2D eigenvalue weighted by Crippen LogP contribution is -2.22. The lowest BCUT2D eigenvalue weighted by atomic mass is 9.95. The predicted molar refractivity (Wildman–Crippen MR) is 67.7 cm³/mol. The van der Waals surface area contributed by atoms with Gasteiger partial charge in [0.2, 0.25) is 11.8 Å². The van der Waals surface area contributed by atoms with Crippen molar-refractivity contribution in [3.05, 3.63) is 33.8 Å². The number of amides is 2. The summed E-state index contributed by atoms with van der Waals surface area (Å²) in [5.74, 6) is -2.13. The van der Waals surface area contributed by atoms with Crippen LogP contribution in [-0.4, -0.2) is 16.6 Å². The Bertz CT molecular complexity index is 559. The molecule has 3 nitrogen and oxygen atoms in total. The molecule has 2 amide bonds. The second-order valence-electron chi connectivity index (χ2n) is 4.00. The van der Waals surface area contributed by atoms with Crippen LogP contribution in [-0.2, 0) is 15.8 Å². The van der Waals surface area contributed by atoms with Crippen molar-refractivity contribution >= 4 is 43.7 Å². The van der Waals surface area contributed by atoms with Gasteiger partial charge in [-0.1, -0.05) is 31.9 Å². The maximum absolute atomic E-state index is 12.7. The molecule has 1 aliphatic rings. The molecule has 1 saturated heterocycles. The van der Waals surface area contributed by atoms with E-state index in [-0.39, 0.29) is 10.0 Å². The van der Waals surface area contributed by atoms with E-state index in [9.17, 15) is 22.8 Å². The molecular weight excluding hydrogens is 395 g/mol. The van der Waals surface area contributed by atoms with E-state index in [0.717, 1.165) is 12.1 Å². The molecule has 0 spiro atoms. The van der Waals surface area contributed by atoms with Crippen molar-refractivity contribution in [3.8, 4) is 0 Å².